The zero-order valence-corrected chi connectivity index (χ0v) is 13.6. The van der Waals surface area contributed by atoms with Gasteiger partial charge in [-0.25, -0.2) is 0 Å². The molecule has 0 unspecified atom stereocenters. The van der Waals surface area contributed by atoms with Crippen molar-refractivity contribution in [1.82, 2.24) is 9.80 Å². The molecule has 0 spiro atoms. The Morgan fingerprint density at radius 1 is 1.00 bits per heavy atom. The second-order valence-electron chi connectivity index (χ2n) is 6.88. The first-order valence-electron chi connectivity index (χ1n) is 8.98. The van der Waals surface area contributed by atoms with Gasteiger partial charge >= 0.3 is 0 Å². The topological polar surface area (TPSA) is 32.5 Å². The predicted octanol–water partition coefficient (Wildman–Crippen LogP) is 2.85. The van der Waals surface area contributed by atoms with E-state index in [2.05, 4.69) is 16.7 Å². The van der Waals surface area contributed by atoms with E-state index in [-0.39, 0.29) is 0 Å². The summed E-state index contributed by atoms with van der Waals surface area (Å²) in [6, 6.07) is 0. The molecule has 1 saturated carbocycles. The second kappa shape index (κ2) is 8.35. The Balaban J connectivity index is 1.83. The van der Waals surface area contributed by atoms with Gasteiger partial charge in [-0.15, -0.1) is 0 Å². The van der Waals surface area contributed by atoms with Crippen molar-refractivity contribution in [3.8, 4) is 0 Å². The van der Waals surface area contributed by atoms with Crippen LogP contribution in [-0.4, -0.2) is 54.6 Å². The minimum absolute atomic E-state index is 0.333. The Kier molecular flexibility index (Phi) is 6.79. The molecule has 3 nitrogen and oxygen atoms in total. The van der Waals surface area contributed by atoms with Gasteiger partial charge in [0.1, 0.15) is 0 Å². The molecule has 0 bridgehead atoms. The third-order valence-corrected chi connectivity index (χ3v) is 5.43. The lowest BCUT2D eigenvalue weighted by Crippen LogP contribution is -2.55. The summed E-state index contributed by atoms with van der Waals surface area (Å²) in [7, 11) is 0. The number of hydrogen-bond acceptors (Lipinski definition) is 3. The number of likely N-dealkylation sites (tertiary alicyclic amines) is 1. The Labute approximate surface area is 125 Å². The first kappa shape index (κ1) is 16.3. The number of nitrogens with two attached hydrogens (primary N) is 1. The number of rotatable bonds is 8. The van der Waals surface area contributed by atoms with E-state index in [1.807, 2.05) is 0 Å². The molecule has 1 saturated heterocycles. The van der Waals surface area contributed by atoms with Crippen LogP contribution in [0, 0.1) is 0 Å². The Bertz CT molecular complexity index is 255. The maximum absolute atomic E-state index is 6.21. The maximum Gasteiger partial charge on any atom is 0.0331 e. The van der Waals surface area contributed by atoms with Crippen LogP contribution < -0.4 is 5.73 Å². The van der Waals surface area contributed by atoms with Gasteiger partial charge < -0.3 is 10.6 Å². The van der Waals surface area contributed by atoms with Crippen LogP contribution in [0.3, 0.4) is 0 Å². The van der Waals surface area contributed by atoms with Crippen LogP contribution in [0.15, 0.2) is 0 Å². The summed E-state index contributed by atoms with van der Waals surface area (Å²) in [4.78, 5) is 5.39. The highest BCUT2D eigenvalue weighted by molar-refractivity contribution is 4.94. The van der Waals surface area contributed by atoms with Gasteiger partial charge in [0.2, 0.25) is 0 Å². The van der Waals surface area contributed by atoms with Crippen LogP contribution in [0.1, 0.15) is 64.7 Å². The average molecular weight is 281 g/mol. The van der Waals surface area contributed by atoms with Gasteiger partial charge in [-0.2, -0.15) is 0 Å². The fourth-order valence-electron chi connectivity index (χ4n) is 4.21. The number of hydrogen-bond donors (Lipinski definition) is 1. The van der Waals surface area contributed by atoms with Crippen molar-refractivity contribution in [2.24, 2.45) is 5.73 Å². The van der Waals surface area contributed by atoms with Crippen molar-refractivity contribution in [2.45, 2.75) is 70.3 Å². The van der Waals surface area contributed by atoms with E-state index < -0.39 is 0 Å². The van der Waals surface area contributed by atoms with Crippen molar-refractivity contribution < 1.29 is 0 Å². The third kappa shape index (κ3) is 4.19. The van der Waals surface area contributed by atoms with Gasteiger partial charge in [-0.1, -0.05) is 26.2 Å². The van der Waals surface area contributed by atoms with E-state index in [4.69, 9.17) is 5.73 Å². The Morgan fingerprint density at radius 2 is 1.70 bits per heavy atom. The van der Waals surface area contributed by atoms with Gasteiger partial charge in [0, 0.05) is 12.1 Å². The van der Waals surface area contributed by atoms with Crippen LogP contribution in [-0.2, 0) is 0 Å². The lowest BCUT2D eigenvalue weighted by Gasteiger charge is -2.46. The monoisotopic (exact) mass is 281 g/mol. The molecule has 20 heavy (non-hydrogen) atoms. The minimum atomic E-state index is 0.333. The van der Waals surface area contributed by atoms with E-state index in [0.29, 0.717) is 5.54 Å². The van der Waals surface area contributed by atoms with Crippen molar-refractivity contribution in [1.29, 1.82) is 0 Å². The molecule has 0 aromatic heterocycles. The summed E-state index contributed by atoms with van der Waals surface area (Å²) in [5.74, 6) is 0. The van der Waals surface area contributed by atoms with Gasteiger partial charge in [0.25, 0.3) is 0 Å². The molecule has 3 heteroatoms. The lowest BCUT2D eigenvalue weighted by molar-refractivity contribution is 0.0533. The molecule has 1 heterocycles. The van der Waals surface area contributed by atoms with Crippen molar-refractivity contribution in [3.05, 3.63) is 0 Å². The highest BCUT2D eigenvalue weighted by Gasteiger charge is 2.35. The molecule has 0 aromatic rings. The third-order valence-electron chi connectivity index (χ3n) is 5.43. The molecule has 0 atom stereocenters. The highest BCUT2D eigenvalue weighted by atomic mass is 15.2. The average Bonchev–Trinajstić information content (AvgIpc) is 3.00. The van der Waals surface area contributed by atoms with Crippen molar-refractivity contribution >= 4 is 0 Å². The van der Waals surface area contributed by atoms with Gasteiger partial charge in [0.15, 0.2) is 0 Å². The van der Waals surface area contributed by atoms with Gasteiger partial charge in [0.05, 0.1) is 0 Å². The molecule has 1 aliphatic heterocycles. The largest absolute Gasteiger partial charge is 0.329 e. The fourth-order valence-corrected chi connectivity index (χ4v) is 4.21. The first-order chi connectivity index (χ1) is 9.80. The van der Waals surface area contributed by atoms with E-state index in [1.54, 1.807) is 0 Å². The van der Waals surface area contributed by atoms with Crippen molar-refractivity contribution in [3.63, 3.8) is 0 Å². The molecule has 0 amide bonds. The first-order valence-corrected chi connectivity index (χ1v) is 8.98. The van der Waals surface area contributed by atoms with Crippen LogP contribution in [0.5, 0.6) is 0 Å². The summed E-state index contributed by atoms with van der Waals surface area (Å²) in [5.41, 5.74) is 6.54. The Morgan fingerprint density at radius 3 is 2.30 bits per heavy atom. The summed E-state index contributed by atoms with van der Waals surface area (Å²) < 4.78 is 0. The standard InChI is InChI=1S/C17H35N3/c1-2-11-20(15-8-14-19-12-6-7-13-19)17(16-18)9-4-3-5-10-17/h2-16,18H2,1H3. The van der Waals surface area contributed by atoms with Crippen LogP contribution >= 0.6 is 0 Å². The molecule has 118 valence electrons. The van der Waals surface area contributed by atoms with E-state index in [0.717, 1.165) is 6.54 Å². The quantitative estimate of drug-likeness (QED) is 0.742. The van der Waals surface area contributed by atoms with Crippen LogP contribution in [0.2, 0.25) is 0 Å². The number of nitrogens with zero attached hydrogens (tertiary/aromatic N) is 2. The van der Waals surface area contributed by atoms with Crippen molar-refractivity contribution in [2.75, 3.05) is 39.3 Å². The van der Waals surface area contributed by atoms with E-state index in [1.165, 1.54) is 90.5 Å². The predicted molar refractivity (Wildman–Crippen MR) is 87.0 cm³/mol. The molecule has 1 aliphatic carbocycles. The zero-order chi connectivity index (χ0) is 14.3. The molecule has 2 fully saturated rings. The molecule has 0 radical (unpaired) electrons. The molecule has 2 N–H and O–H groups in total. The van der Waals surface area contributed by atoms with Crippen LogP contribution in [0.25, 0.3) is 0 Å². The van der Waals surface area contributed by atoms with E-state index >= 15 is 0 Å². The molecule has 2 aliphatic rings. The zero-order valence-electron chi connectivity index (χ0n) is 13.6. The normalized spacial score (nSPS) is 23.6. The minimum Gasteiger partial charge on any atom is -0.329 e. The molecule has 2 rings (SSSR count). The molecular weight excluding hydrogens is 246 g/mol. The SMILES string of the molecule is CCCN(CCCN1CCCC1)C1(CN)CCCCC1. The summed E-state index contributed by atoms with van der Waals surface area (Å²) in [6.45, 7) is 9.60. The van der Waals surface area contributed by atoms with Gasteiger partial charge in [-0.05, 0) is 71.2 Å². The van der Waals surface area contributed by atoms with E-state index in [9.17, 15) is 0 Å². The maximum atomic E-state index is 6.21. The van der Waals surface area contributed by atoms with Gasteiger partial charge in [-0.3, -0.25) is 4.90 Å². The summed E-state index contributed by atoms with van der Waals surface area (Å²) >= 11 is 0. The summed E-state index contributed by atoms with van der Waals surface area (Å²) in [5, 5.41) is 0. The second-order valence-corrected chi connectivity index (χ2v) is 6.88. The fraction of sp³-hybridized carbons (Fsp3) is 1.00. The highest BCUT2D eigenvalue weighted by Crippen LogP contribution is 2.33. The molecular formula is C17H35N3. The smallest absolute Gasteiger partial charge is 0.0331 e. The summed E-state index contributed by atoms with van der Waals surface area (Å²) in [6.07, 6.45) is 12.2. The lowest BCUT2D eigenvalue weighted by atomic mass is 9.80. The van der Waals surface area contributed by atoms with Crippen LogP contribution in [0.4, 0.5) is 0 Å². The Hall–Kier alpha value is -0.120. The molecule has 0 aromatic carbocycles.